The minimum Gasteiger partial charge on any atom is -0.450 e. The van der Waals surface area contributed by atoms with Crippen molar-refractivity contribution in [1.82, 2.24) is 0 Å². The Labute approximate surface area is 133 Å². The number of para-hydroxylation sites is 1. The second-order valence-electron chi connectivity index (χ2n) is 5.14. The molecule has 1 N–H and O–H groups in total. The molecule has 1 atom stereocenters. The molecule has 120 valence electrons. The first-order chi connectivity index (χ1) is 10.9. The number of ether oxygens (including phenoxy) is 2. The number of ketones is 1. The van der Waals surface area contributed by atoms with E-state index in [-0.39, 0.29) is 6.42 Å². The Morgan fingerprint density at radius 3 is 2.43 bits per heavy atom. The van der Waals surface area contributed by atoms with Crippen LogP contribution in [0, 0.1) is 0 Å². The van der Waals surface area contributed by atoms with Crippen molar-refractivity contribution in [3.05, 3.63) is 65.7 Å². The summed E-state index contributed by atoms with van der Waals surface area (Å²) in [6, 6.07) is 15.3. The highest BCUT2D eigenvalue weighted by Crippen LogP contribution is 2.38. The zero-order valence-electron chi connectivity index (χ0n) is 12.0. The molecule has 0 fully saturated rings. The summed E-state index contributed by atoms with van der Waals surface area (Å²) < 4.78 is 42.1. The molecule has 0 amide bonds. The number of fused-ring (bicyclic) bond motifs is 1. The zero-order valence-corrected chi connectivity index (χ0v) is 12.8. The normalized spacial score (nSPS) is 20.7. The predicted octanol–water partition coefficient (Wildman–Crippen LogP) is 1.91. The third-order valence-electron chi connectivity index (χ3n) is 3.51. The first-order valence-electron chi connectivity index (χ1n) is 6.85. The van der Waals surface area contributed by atoms with Crippen molar-refractivity contribution in [3.8, 4) is 5.75 Å². The Hall–Kier alpha value is -2.22. The van der Waals surface area contributed by atoms with Crippen LogP contribution in [0.1, 0.15) is 11.1 Å². The molecule has 0 aromatic heterocycles. The lowest BCUT2D eigenvalue weighted by Crippen LogP contribution is -2.48. The molecular weight excluding hydrogens is 320 g/mol. The summed E-state index contributed by atoms with van der Waals surface area (Å²) in [6.07, 6.45) is 0.0382. The Bertz CT molecular complexity index is 831. The molecule has 3 rings (SSSR count). The van der Waals surface area contributed by atoms with Gasteiger partial charge in [0.25, 0.3) is 15.9 Å². The number of Topliss-reactive ketones (excluding diaryl/α,β-unsaturated/α-hetero) is 1. The molecule has 1 unspecified atom stereocenters. The van der Waals surface area contributed by atoms with Gasteiger partial charge in [0.05, 0.1) is 0 Å². The number of carbonyl (C=O) groups is 1. The summed E-state index contributed by atoms with van der Waals surface area (Å²) in [5, 5.41) is 0. The molecule has 0 saturated carbocycles. The van der Waals surface area contributed by atoms with Crippen LogP contribution in [0.4, 0.5) is 0 Å². The van der Waals surface area contributed by atoms with E-state index >= 15 is 0 Å². The Morgan fingerprint density at radius 2 is 1.74 bits per heavy atom. The summed E-state index contributed by atoms with van der Waals surface area (Å²) in [5.41, 5.74) is 1.06. The van der Waals surface area contributed by atoms with Crippen molar-refractivity contribution in [1.29, 1.82) is 0 Å². The van der Waals surface area contributed by atoms with Crippen molar-refractivity contribution in [2.45, 2.75) is 12.2 Å². The Kier molecular flexibility index (Phi) is 3.93. The van der Waals surface area contributed by atoms with Gasteiger partial charge in [0.1, 0.15) is 5.75 Å². The van der Waals surface area contributed by atoms with Gasteiger partial charge in [-0.3, -0.25) is 9.35 Å². The number of rotatable bonds is 4. The van der Waals surface area contributed by atoms with E-state index in [9.17, 15) is 13.2 Å². The van der Waals surface area contributed by atoms with Crippen molar-refractivity contribution in [2.24, 2.45) is 0 Å². The number of carbonyl (C=O) groups excluding carboxylic acids is 1. The van der Waals surface area contributed by atoms with E-state index in [2.05, 4.69) is 0 Å². The lowest BCUT2D eigenvalue weighted by atomic mass is 9.93. The molecule has 1 heterocycles. The fourth-order valence-corrected chi connectivity index (χ4v) is 2.79. The maximum Gasteiger partial charge on any atom is 0.299 e. The maximum atomic E-state index is 12.7. The van der Waals surface area contributed by atoms with Gasteiger partial charge in [-0.1, -0.05) is 48.5 Å². The molecule has 0 bridgehead atoms. The van der Waals surface area contributed by atoms with E-state index in [0.29, 0.717) is 16.9 Å². The van der Waals surface area contributed by atoms with Gasteiger partial charge in [-0.2, -0.15) is 8.42 Å². The molecule has 1 aliphatic heterocycles. The van der Waals surface area contributed by atoms with Crippen LogP contribution in [0.25, 0.3) is 0 Å². The van der Waals surface area contributed by atoms with Crippen LogP contribution in [0.2, 0.25) is 0 Å². The van der Waals surface area contributed by atoms with E-state index in [1.165, 1.54) is 0 Å². The minimum atomic E-state index is -4.42. The van der Waals surface area contributed by atoms with Gasteiger partial charge in [0.2, 0.25) is 5.78 Å². The van der Waals surface area contributed by atoms with E-state index < -0.39 is 27.6 Å². The van der Waals surface area contributed by atoms with Crippen LogP contribution in [-0.4, -0.2) is 24.7 Å². The van der Waals surface area contributed by atoms with Gasteiger partial charge in [0.15, 0.2) is 5.94 Å². The minimum absolute atomic E-state index is 0.0382. The van der Waals surface area contributed by atoms with Gasteiger partial charge in [0, 0.05) is 17.5 Å². The lowest BCUT2D eigenvalue weighted by molar-refractivity contribution is -0.195. The lowest BCUT2D eigenvalue weighted by Gasteiger charge is -2.36. The van der Waals surface area contributed by atoms with Crippen LogP contribution >= 0.6 is 0 Å². The van der Waals surface area contributed by atoms with Gasteiger partial charge >= 0.3 is 0 Å². The van der Waals surface area contributed by atoms with Gasteiger partial charge in [-0.05, 0) is 6.07 Å². The Balaban J connectivity index is 2.08. The molecule has 0 aliphatic carbocycles. The molecule has 23 heavy (non-hydrogen) atoms. The summed E-state index contributed by atoms with van der Waals surface area (Å²) >= 11 is 0. The van der Waals surface area contributed by atoms with E-state index in [1.54, 1.807) is 54.6 Å². The smallest absolute Gasteiger partial charge is 0.299 e. The van der Waals surface area contributed by atoms with E-state index in [4.69, 9.17) is 14.0 Å². The quantitative estimate of drug-likeness (QED) is 0.859. The fourth-order valence-electron chi connectivity index (χ4n) is 2.48. The van der Waals surface area contributed by atoms with Crippen molar-refractivity contribution < 1.29 is 27.2 Å². The average Bonchev–Trinajstić information content (AvgIpc) is 2.53. The average molecular weight is 334 g/mol. The summed E-state index contributed by atoms with van der Waals surface area (Å²) in [4.78, 5) is 12.7. The second kappa shape index (κ2) is 5.77. The molecule has 2 aromatic carbocycles. The van der Waals surface area contributed by atoms with Gasteiger partial charge in [-0.15, -0.1) is 0 Å². The number of hydrogen-bond acceptors (Lipinski definition) is 5. The van der Waals surface area contributed by atoms with Crippen molar-refractivity contribution >= 4 is 15.9 Å². The van der Waals surface area contributed by atoms with Crippen molar-refractivity contribution in [3.63, 3.8) is 0 Å². The molecular formula is C16H14O6S. The van der Waals surface area contributed by atoms with Gasteiger partial charge < -0.3 is 9.47 Å². The monoisotopic (exact) mass is 334 g/mol. The molecule has 0 saturated heterocycles. The number of hydrogen-bond donors (Lipinski definition) is 1. The molecule has 0 radical (unpaired) electrons. The van der Waals surface area contributed by atoms with Crippen LogP contribution < -0.4 is 4.74 Å². The summed E-state index contributed by atoms with van der Waals surface area (Å²) in [5.74, 6) is -2.95. The SMILES string of the molecule is O=C1Cc2ccccc2OC1(OCS(=O)(=O)O)c1ccccc1. The fraction of sp³-hybridized carbons (Fsp3) is 0.188. The standard InChI is InChI=1S/C16H14O6S/c17-15-10-12-6-4-5-9-14(12)22-16(15,21-11-23(18,19)20)13-7-2-1-3-8-13/h1-9H,10-11H2,(H,18,19,20). The largest absolute Gasteiger partial charge is 0.450 e. The topological polar surface area (TPSA) is 89.9 Å². The Morgan fingerprint density at radius 1 is 1.09 bits per heavy atom. The van der Waals surface area contributed by atoms with E-state index in [0.717, 1.165) is 0 Å². The predicted molar refractivity (Wildman–Crippen MR) is 81.4 cm³/mol. The first-order valence-corrected chi connectivity index (χ1v) is 8.46. The van der Waals surface area contributed by atoms with Crippen LogP contribution in [0.5, 0.6) is 5.75 Å². The third kappa shape index (κ3) is 3.12. The highest BCUT2D eigenvalue weighted by molar-refractivity contribution is 7.85. The molecule has 6 nitrogen and oxygen atoms in total. The van der Waals surface area contributed by atoms with Crippen molar-refractivity contribution in [2.75, 3.05) is 5.94 Å². The highest BCUT2D eigenvalue weighted by Gasteiger charge is 2.48. The maximum absolute atomic E-state index is 12.7. The number of benzene rings is 2. The summed E-state index contributed by atoms with van der Waals surface area (Å²) in [7, 11) is -4.42. The van der Waals surface area contributed by atoms with E-state index in [1.807, 2.05) is 0 Å². The van der Waals surface area contributed by atoms with Crippen LogP contribution in [0.3, 0.4) is 0 Å². The molecule has 7 heteroatoms. The third-order valence-corrected chi connectivity index (χ3v) is 3.93. The molecule has 1 aliphatic rings. The summed E-state index contributed by atoms with van der Waals surface area (Å²) in [6.45, 7) is 0. The molecule has 0 spiro atoms. The van der Waals surface area contributed by atoms with Crippen LogP contribution in [0.15, 0.2) is 54.6 Å². The van der Waals surface area contributed by atoms with Crippen LogP contribution in [-0.2, 0) is 31.9 Å². The second-order valence-corrected chi connectivity index (χ2v) is 6.54. The highest BCUT2D eigenvalue weighted by atomic mass is 32.2. The first kappa shape index (κ1) is 15.7. The molecule has 2 aromatic rings. The van der Waals surface area contributed by atoms with Gasteiger partial charge in [-0.25, -0.2) is 0 Å². The zero-order chi connectivity index (χ0) is 16.5.